The lowest BCUT2D eigenvalue weighted by atomic mass is 9.98. The zero-order chi connectivity index (χ0) is 21.5. The van der Waals surface area contributed by atoms with E-state index in [0.29, 0.717) is 18.4 Å². The predicted molar refractivity (Wildman–Crippen MR) is 99.8 cm³/mol. The van der Waals surface area contributed by atoms with Crippen LogP contribution in [0.4, 0.5) is 13.2 Å². The van der Waals surface area contributed by atoms with Crippen LogP contribution in [0.1, 0.15) is 18.1 Å². The summed E-state index contributed by atoms with van der Waals surface area (Å²) in [6.07, 6.45) is -3.68. The topological polar surface area (TPSA) is 109 Å². The third-order valence-electron chi connectivity index (χ3n) is 3.54. The van der Waals surface area contributed by atoms with E-state index in [-0.39, 0.29) is 5.56 Å². The van der Waals surface area contributed by atoms with Crippen LogP contribution in [0, 0.1) is 0 Å². The minimum absolute atomic E-state index is 0.144. The second kappa shape index (κ2) is 9.67. The van der Waals surface area contributed by atoms with Crippen molar-refractivity contribution < 1.29 is 30.9 Å². The molecule has 1 unspecified atom stereocenters. The summed E-state index contributed by atoms with van der Waals surface area (Å²) in [6.45, 7) is 2.06. The van der Waals surface area contributed by atoms with Gasteiger partial charge in [0.25, 0.3) is 10.1 Å². The first kappa shape index (κ1) is 23.6. The summed E-state index contributed by atoms with van der Waals surface area (Å²) in [5.41, 5.74) is 5.98. The van der Waals surface area contributed by atoms with E-state index in [1.807, 2.05) is 0 Å². The van der Waals surface area contributed by atoms with E-state index in [9.17, 15) is 26.4 Å². The van der Waals surface area contributed by atoms with Gasteiger partial charge >= 0.3 is 6.18 Å². The third kappa shape index (κ3) is 8.51. The first-order valence-corrected chi connectivity index (χ1v) is 9.84. The second-order valence-electron chi connectivity index (χ2n) is 5.98. The summed E-state index contributed by atoms with van der Waals surface area (Å²) >= 11 is 0. The number of rotatable bonds is 5. The molecule has 0 bridgehead atoms. The van der Waals surface area contributed by atoms with E-state index in [4.69, 9.17) is 10.3 Å². The first-order chi connectivity index (χ1) is 12.8. The average molecular weight is 418 g/mol. The number of nitrogens with one attached hydrogen (secondary N) is 1. The highest BCUT2D eigenvalue weighted by molar-refractivity contribution is 7.85. The van der Waals surface area contributed by atoms with Gasteiger partial charge in [0.05, 0.1) is 17.9 Å². The van der Waals surface area contributed by atoms with Crippen LogP contribution in [0.3, 0.4) is 0 Å². The minimum atomic E-state index is -4.40. The summed E-state index contributed by atoms with van der Waals surface area (Å²) in [4.78, 5) is 10.9. The summed E-state index contributed by atoms with van der Waals surface area (Å²) in [7, 11) is -3.67. The summed E-state index contributed by atoms with van der Waals surface area (Å²) in [5.74, 6) is -0.458. The molecule has 0 aliphatic heterocycles. The Morgan fingerprint density at radius 3 is 2.11 bits per heavy atom. The number of alkyl halides is 3. The number of primary amides is 1. The summed E-state index contributed by atoms with van der Waals surface area (Å²) in [5, 5.41) is 2.94. The van der Waals surface area contributed by atoms with Crippen LogP contribution >= 0.6 is 0 Å². The summed E-state index contributed by atoms with van der Waals surface area (Å²) in [6, 6.07) is 11.7. The maximum absolute atomic E-state index is 13.0. The molecule has 4 N–H and O–H groups in total. The van der Waals surface area contributed by atoms with Crippen molar-refractivity contribution in [1.29, 1.82) is 0 Å². The number of benzene rings is 2. The van der Waals surface area contributed by atoms with Gasteiger partial charge in [-0.15, -0.1) is 0 Å². The standard InChI is InChI=1S/C17H17F3N2O.CH4O3S/c1-11(16(21)23)22-10-12-6-8-13(9-7-12)14-4-2-3-5-15(14)17(18,19)20;1-5(2,3)4/h2-9,11,22H,10H2,1H3,(H2,21,23);1H3,(H,2,3,4). The highest BCUT2D eigenvalue weighted by atomic mass is 32.2. The fourth-order valence-electron chi connectivity index (χ4n) is 2.16. The fourth-order valence-corrected chi connectivity index (χ4v) is 2.16. The molecule has 154 valence electrons. The van der Waals surface area contributed by atoms with Gasteiger partial charge in [-0.3, -0.25) is 9.35 Å². The van der Waals surface area contributed by atoms with Crippen LogP contribution < -0.4 is 11.1 Å². The third-order valence-corrected chi connectivity index (χ3v) is 3.54. The van der Waals surface area contributed by atoms with Crippen molar-refractivity contribution in [3.05, 3.63) is 59.7 Å². The van der Waals surface area contributed by atoms with Gasteiger partial charge in [-0.2, -0.15) is 21.6 Å². The van der Waals surface area contributed by atoms with E-state index in [0.717, 1.165) is 11.6 Å². The number of nitrogens with two attached hydrogens (primary N) is 1. The lowest BCUT2D eigenvalue weighted by Crippen LogP contribution is -2.38. The molecule has 1 atom stereocenters. The van der Waals surface area contributed by atoms with Crippen LogP contribution in [0.15, 0.2) is 48.5 Å². The Bertz CT molecular complexity index is 890. The van der Waals surface area contributed by atoms with Crippen molar-refractivity contribution in [2.45, 2.75) is 25.7 Å². The molecule has 28 heavy (non-hydrogen) atoms. The number of amides is 1. The van der Waals surface area contributed by atoms with Gasteiger partial charge in [-0.1, -0.05) is 42.5 Å². The van der Waals surface area contributed by atoms with Crippen LogP contribution in [-0.2, 0) is 27.6 Å². The fraction of sp³-hybridized carbons (Fsp3) is 0.278. The zero-order valence-corrected chi connectivity index (χ0v) is 16.0. The zero-order valence-electron chi connectivity index (χ0n) is 15.2. The Morgan fingerprint density at radius 2 is 1.64 bits per heavy atom. The van der Waals surface area contributed by atoms with Crippen LogP contribution in [0.2, 0.25) is 0 Å². The van der Waals surface area contributed by atoms with Gasteiger partial charge in [0.2, 0.25) is 5.91 Å². The molecular formula is C18H21F3N2O4S. The number of halogens is 3. The normalized spacial score (nSPS) is 12.6. The van der Waals surface area contributed by atoms with Gasteiger partial charge in [0, 0.05) is 6.54 Å². The Labute approximate surface area is 161 Å². The number of carbonyl (C=O) groups excluding carboxylic acids is 1. The number of hydrogen-bond acceptors (Lipinski definition) is 4. The van der Waals surface area contributed by atoms with Crippen LogP contribution in [-0.4, -0.2) is 31.2 Å². The Morgan fingerprint density at radius 1 is 1.14 bits per heavy atom. The van der Waals surface area contributed by atoms with Gasteiger partial charge in [-0.25, -0.2) is 0 Å². The minimum Gasteiger partial charge on any atom is -0.368 e. The van der Waals surface area contributed by atoms with E-state index < -0.39 is 33.8 Å². The monoisotopic (exact) mass is 418 g/mol. The van der Waals surface area contributed by atoms with E-state index >= 15 is 0 Å². The molecule has 0 saturated carbocycles. The highest BCUT2D eigenvalue weighted by Crippen LogP contribution is 2.36. The van der Waals surface area contributed by atoms with Crippen molar-refractivity contribution >= 4 is 16.0 Å². The van der Waals surface area contributed by atoms with Crippen LogP contribution in [0.5, 0.6) is 0 Å². The molecule has 0 aromatic heterocycles. The maximum atomic E-state index is 13.0. The van der Waals surface area contributed by atoms with Gasteiger partial charge in [-0.05, 0) is 29.7 Å². The van der Waals surface area contributed by atoms with E-state index in [1.54, 1.807) is 37.3 Å². The molecule has 0 aliphatic carbocycles. The molecule has 0 heterocycles. The van der Waals surface area contributed by atoms with Gasteiger partial charge in [0.15, 0.2) is 0 Å². The molecule has 0 fully saturated rings. The SMILES string of the molecule is CC(NCc1ccc(-c2ccccc2C(F)(F)F)cc1)C(N)=O.CS(=O)(=O)O. The lowest BCUT2D eigenvalue weighted by molar-refractivity contribution is -0.137. The predicted octanol–water partition coefficient (Wildman–Crippen LogP) is 2.84. The smallest absolute Gasteiger partial charge is 0.368 e. The van der Waals surface area contributed by atoms with E-state index in [1.165, 1.54) is 12.1 Å². The van der Waals surface area contributed by atoms with Crippen LogP contribution in [0.25, 0.3) is 11.1 Å². The quantitative estimate of drug-likeness (QED) is 0.647. The molecule has 0 aliphatic rings. The Kier molecular flexibility index (Phi) is 8.15. The molecule has 2 aromatic carbocycles. The van der Waals surface area contributed by atoms with Crippen molar-refractivity contribution in [1.82, 2.24) is 5.32 Å². The lowest BCUT2D eigenvalue weighted by Gasteiger charge is -2.14. The highest BCUT2D eigenvalue weighted by Gasteiger charge is 2.33. The van der Waals surface area contributed by atoms with Crippen molar-refractivity contribution in [2.75, 3.05) is 6.26 Å². The van der Waals surface area contributed by atoms with Gasteiger partial charge in [0.1, 0.15) is 0 Å². The van der Waals surface area contributed by atoms with Crippen molar-refractivity contribution in [2.24, 2.45) is 5.73 Å². The molecule has 0 radical (unpaired) electrons. The molecule has 6 nitrogen and oxygen atoms in total. The maximum Gasteiger partial charge on any atom is 0.417 e. The first-order valence-electron chi connectivity index (χ1n) is 7.99. The molecule has 0 spiro atoms. The summed E-state index contributed by atoms with van der Waals surface area (Å²) < 4.78 is 65.0. The molecule has 1 amide bonds. The molecule has 10 heteroatoms. The second-order valence-corrected chi connectivity index (χ2v) is 7.44. The Hall–Kier alpha value is -2.43. The molecule has 2 rings (SSSR count). The Balaban J connectivity index is 0.000000696. The van der Waals surface area contributed by atoms with Crippen molar-refractivity contribution in [3.8, 4) is 11.1 Å². The van der Waals surface area contributed by atoms with Crippen molar-refractivity contribution in [3.63, 3.8) is 0 Å². The number of carbonyl (C=O) groups is 1. The largest absolute Gasteiger partial charge is 0.417 e. The average Bonchev–Trinajstić information content (AvgIpc) is 2.58. The molecule has 0 saturated heterocycles. The molecular weight excluding hydrogens is 397 g/mol. The molecule has 2 aromatic rings. The number of hydrogen-bond donors (Lipinski definition) is 3. The van der Waals surface area contributed by atoms with E-state index in [2.05, 4.69) is 5.32 Å². The van der Waals surface area contributed by atoms with Gasteiger partial charge < -0.3 is 11.1 Å².